The fourth-order valence-electron chi connectivity index (χ4n) is 5.68. The Bertz CT molecular complexity index is 1480. The molecule has 228 valence electrons. The first kappa shape index (κ1) is 31.0. The van der Waals surface area contributed by atoms with Crippen molar-refractivity contribution in [2.75, 3.05) is 26.8 Å². The van der Waals surface area contributed by atoms with Gasteiger partial charge in [0, 0.05) is 54.2 Å². The van der Waals surface area contributed by atoms with Crippen molar-refractivity contribution in [3.8, 4) is 11.5 Å². The largest absolute Gasteiger partial charge is 0.493 e. The molecule has 43 heavy (non-hydrogen) atoms. The first-order valence-corrected chi connectivity index (χ1v) is 15.5. The van der Waals surface area contributed by atoms with Gasteiger partial charge in [0.15, 0.2) is 11.5 Å². The van der Waals surface area contributed by atoms with Crippen LogP contribution in [0.15, 0.2) is 54.1 Å². The molecule has 1 fully saturated rings. The van der Waals surface area contributed by atoms with Crippen molar-refractivity contribution in [1.82, 2.24) is 15.2 Å². The smallest absolute Gasteiger partial charge is 0.247 e. The van der Waals surface area contributed by atoms with Crippen molar-refractivity contribution < 1.29 is 34.1 Å². The normalized spacial score (nSPS) is 20.2. The van der Waals surface area contributed by atoms with Crippen LogP contribution in [0.4, 0.5) is 0 Å². The maximum absolute atomic E-state index is 13.9. The van der Waals surface area contributed by atoms with Crippen LogP contribution in [-0.4, -0.2) is 83.3 Å². The number of hydrogen-bond donors (Lipinski definition) is 4. The van der Waals surface area contributed by atoms with Gasteiger partial charge in [-0.1, -0.05) is 24.6 Å². The molecule has 0 radical (unpaired) electrons. The summed E-state index contributed by atoms with van der Waals surface area (Å²) in [5, 5.41) is 24.8. The van der Waals surface area contributed by atoms with Gasteiger partial charge in [-0.2, -0.15) is 0 Å². The van der Waals surface area contributed by atoms with Crippen LogP contribution in [0.1, 0.15) is 41.7 Å². The van der Waals surface area contributed by atoms with Crippen LogP contribution < -0.4 is 14.8 Å². The van der Waals surface area contributed by atoms with E-state index in [1.807, 2.05) is 46.9 Å². The number of aliphatic hydroxyl groups excluding tert-OH is 2. The highest BCUT2D eigenvalue weighted by atomic mass is 127. The number of rotatable bonds is 12. The minimum Gasteiger partial charge on any atom is -0.493 e. The molecule has 0 saturated heterocycles. The number of amides is 2. The molecular formula is C32H36IN3O7. The van der Waals surface area contributed by atoms with Crippen molar-refractivity contribution >= 4 is 51.6 Å². The van der Waals surface area contributed by atoms with E-state index in [0.29, 0.717) is 45.5 Å². The van der Waals surface area contributed by atoms with Crippen LogP contribution in [-0.2, 0) is 16.0 Å². The van der Waals surface area contributed by atoms with Gasteiger partial charge in [0.1, 0.15) is 18.5 Å². The predicted octanol–water partition coefficient (Wildman–Crippen LogP) is 3.38. The summed E-state index contributed by atoms with van der Waals surface area (Å²) in [4.78, 5) is 43.6. The molecular weight excluding hydrogens is 665 g/mol. The topological polar surface area (TPSA) is 141 Å². The Morgan fingerprint density at radius 1 is 1.21 bits per heavy atom. The van der Waals surface area contributed by atoms with Gasteiger partial charge in [0.05, 0.1) is 23.3 Å². The van der Waals surface area contributed by atoms with Crippen molar-refractivity contribution in [3.05, 3.63) is 68.9 Å². The van der Waals surface area contributed by atoms with E-state index in [1.165, 1.54) is 7.11 Å². The summed E-state index contributed by atoms with van der Waals surface area (Å²) in [5.74, 6) is 0.0709. The number of aromatic nitrogens is 1. The van der Waals surface area contributed by atoms with Crippen LogP contribution in [0, 0.1) is 9.49 Å². The number of carbonyl (C=O) groups is 3. The highest BCUT2D eigenvalue weighted by molar-refractivity contribution is 14.1. The Morgan fingerprint density at radius 2 is 2.00 bits per heavy atom. The molecule has 0 bridgehead atoms. The molecule has 11 heteroatoms. The van der Waals surface area contributed by atoms with E-state index >= 15 is 0 Å². The third-order valence-electron chi connectivity index (χ3n) is 8.20. The molecule has 2 aliphatic rings. The van der Waals surface area contributed by atoms with Crippen molar-refractivity contribution in [3.63, 3.8) is 0 Å². The molecule has 0 unspecified atom stereocenters. The molecule has 3 aromatic rings. The summed E-state index contributed by atoms with van der Waals surface area (Å²) in [7, 11) is 1.46. The molecule has 2 aliphatic carbocycles. The van der Waals surface area contributed by atoms with E-state index in [1.54, 1.807) is 23.1 Å². The minimum absolute atomic E-state index is 0.0373. The highest BCUT2D eigenvalue weighted by Crippen LogP contribution is 2.38. The standard InChI is InChI=1S/C32H36IN3O7/c1-42-28-14-19(18-38)13-24(33)30(28)43-27-17-22(31(40)34-10-12-37)16-26(29(27)39)36(32(41)20-6-4-7-20)11-9-23-15-21-5-2-3-8-25(21)35-23/h2-3,5,8,13-15,17-18,20,26-27,29,35,37,39H,4,6-7,9-12,16H2,1H3,(H,34,40)/t26-,27+,29+/m1/s1. The number of nitrogens with zero attached hydrogens (tertiary/aromatic N) is 1. The Morgan fingerprint density at radius 3 is 2.67 bits per heavy atom. The summed E-state index contributed by atoms with van der Waals surface area (Å²) in [6.07, 6.45) is 3.36. The average molecular weight is 702 g/mol. The lowest BCUT2D eigenvalue weighted by Gasteiger charge is -2.43. The number of para-hydroxylation sites is 1. The van der Waals surface area contributed by atoms with Crippen LogP contribution >= 0.6 is 22.6 Å². The molecule has 0 aliphatic heterocycles. The minimum atomic E-state index is -1.16. The summed E-state index contributed by atoms with van der Waals surface area (Å²) in [6.45, 7) is 0.191. The quantitative estimate of drug-likeness (QED) is 0.168. The van der Waals surface area contributed by atoms with Crippen LogP contribution in [0.25, 0.3) is 10.9 Å². The van der Waals surface area contributed by atoms with Gasteiger partial charge in [0.2, 0.25) is 11.8 Å². The molecule has 1 saturated carbocycles. The monoisotopic (exact) mass is 701 g/mol. The van der Waals surface area contributed by atoms with Gasteiger partial charge in [-0.25, -0.2) is 0 Å². The van der Waals surface area contributed by atoms with E-state index in [9.17, 15) is 24.6 Å². The number of halogens is 1. The van der Waals surface area contributed by atoms with Gasteiger partial charge in [0.25, 0.3) is 0 Å². The van der Waals surface area contributed by atoms with Gasteiger partial charge in [-0.15, -0.1) is 0 Å². The van der Waals surface area contributed by atoms with Crippen LogP contribution in [0.3, 0.4) is 0 Å². The fraction of sp³-hybridized carbons (Fsp3) is 0.406. The number of hydrogen-bond acceptors (Lipinski definition) is 7. The number of aromatic amines is 1. The Balaban J connectivity index is 1.47. The summed E-state index contributed by atoms with van der Waals surface area (Å²) in [5.41, 5.74) is 2.74. The number of aliphatic hydroxyl groups is 2. The zero-order valence-corrected chi connectivity index (χ0v) is 26.1. The van der Waals surface area contributed by atoms with Crippen LogP contribution in [0.5, 0.6) is 11.5 Å². The highest BCUT2D eigenvalue weighted by Gasteiger charge is 2.43. The van der Waals surface area contributed by atoms with Crippen molar-refractivity contribution in [1.29, 1.82) is 0 Å². The number of nitrogens with one attached hydrogen (secondary N) is 2. The van der Waals surface area contributed by atoms with Crippen molar-refractivity contribution in [2.45, 2.75) is 50.4 Å². The number of fused-ring (bicyclic) bond motifs is 1. The zero-order valence-electron chi connectivity index (χ0n) is 23.9. The Labute approximate surface area is 263 Å². The summed E-state index contributed by atoms with van der Waals surface area (Å²) >= 11 is 2.03. The van der Waals surface area contributed by atoms with Crippen LogP contribution in [0.2, 0.25) is 0 Å². The van der Waals surface area contributed by atoms with Gasteiger partial charge < -0.3 is 34.9 Å². The SMILES string of the molecule is COc1cc(C=O)cc(I)c1O[C@H]1C=C(C(=O)NCCO)C[C@@H](N(CCc2cc3ccccc3[nH]2)C(=O)C2CCC2)[C@@H]1O. The molecule has 2 aromatic carbocycles. The molecule has 1 heterocycles. The van der Waals surface area contributed by atoms with Gasteiger partial charge >= 0.3 is 0 Å². The van der Waals surface area contributed by atoms with E-state index in [2.05, 4.69) is 16.4 Å². The molecule has 1 aromatic heterocycles. The average Bonchev–Trinajstić information content (AvgIpc) is 3.40. The number of methoxy groups -OCH3 is 1. The second-order valence-corrected chi connectivity index (χ2v) is 12.1. The molecule has 3 atom stereocenters. The van der Waals surface area contributed by atoms with E-state index in [-0.39, 0.29) is 31.4 Å². The second-order valence-electron chi connectivity index (χ2n) is 11.0. The third-order valence-corrected chi connectivity index (χ3v) is 9.00. The lowest BCUT2D eigenvalue weighted by molar-refractivity contribution is -0.145. The number of benzene rings is 2. The van der Waals surface area contributed by atoms with Gasteiger partial charge in [-0.05, 0) is 71.2 Å². The summed E-state index contributed by atoms with van der Waals surface area (Å²) < 4.78 is 12.4. The number of aldehydes is 1. The second kappa shape index (κ2) is 13.9. The molecule has 10 nitrogen and oxygen atoms in total. The fourth-order valence-corrected chi connectivity index (χ4v) is 6.43. The number of ether oxygens (including phenoxy) is 2. The first-order valence-electron chi connectivity index (χ1n) is 14.5. The molecule has 2 amide bonds. The maximum Gasteiger partial charge on any atom is 0.247 e. The van der Waals surface area contributed by atoms with E-state index < -0.39 is 24.2 Å². The first-order chi connectivity index (χ1) is 20.8. The van der Waals surface area contributed by atoms with E-state index in [4.69, 9.17) is 9.47 Å². The summed E-state index contributed by atoms with van der Waals surface area (Å²) in [6, 6.07) is 12.5. The van der Waals surface area contributed by atoms with Gasteiger partial charge in [-0.3, -0.25) is 14.4 Å². The number of H-pyrrole nitrogens is 1. The molecule has 5 rings (SSSR count). The molecule has 4 N–H and O–H groups in total. The lowest BCUT2D eigenvalue weighted by Crippen LogP contribution is -2.57. The zero-order chi connectivity index (χ0) is 30.5. The molecule has 0 spiro atoms. The third kappa shape index (κ3) is 6.89. The number of carbonyl (C=O) groups excluding carboxylic acids is 3. The van der Waals surface area contributed by atoms with E-state index in [0.717, 1.165) is 35.9 Å². The maximum atomic E-state index is 13.9. The Hall–Kier alpha value is -3.42. The Kier molecular flexibility index (Phi) is 10.0. The lowest BCUT2D eigenvalue weighted by atomic mass is 9.82. The van der Waals surface area contributed by atoms with Crippen molar-refractivity contribution in [2.24, 2.45) is 5.92 Å². The predicted molar refractivity (Wildman–Crippen MR) is 169 cm³/mol.